The fourth-order valence-electron chi connectivity index (χ4n) is 3.68. The standard InChI is InChI=1S/C14H21N3O2/c1-16-11(7-13(18)17(2)14(16)19)8-15-12-6-9-3-4-10(12)5-9/h7,9-10,12,15H,3-6,8H2,1-2H3. The smallest absolute Gasteiger partial charge is 0.308 e. The molecular weight excluding hydrogens is 242 g/mol. The second-order valence-corrected chi connectivity index (χ2v) is 6.04. The molecule has 3 rings (SSSR count). The van der Waals surface area contributed by atoms with E-state index in [-0.39, 0.29) is 11.2 Å². The number of nitrogens with zero attached hydrogens (tertiary/aromatic N) is 2. The van der Waals surface area contributed by atoms with Gasteiger partial charge in [0.2, 0.25) is 0 Å². The highest BCUT2D eigenvalue weighted by Crippen LogP contribution is 2.44. The van der Waals surface area contributed by atoms with Crippen LogP contribution in [0, 0.1) is 11.8 Å². The van der Waals surface area contributed by atoms with Gasteiger partial charge >= 0.3 is 5.69 Å². The van der Waals surface area contributed by atoms with Crippen LogP contribution < -0.4 is 16.6 Å². The first-order valence-corrected chi connectivity index (χ1v) is 7.05. The quantitative estimate of drug-likeness (QED) is 0.857. The molecule has 5 heteroatoms. The van der Waals surface area contributed by atoms with Crippen molar-refractivity contribution in [2.75, 3.05) is 0 Å². The van der Waals surface area contributed by atoms with Gasteiger partial charge in [-0.15, -0.1) is 0 Å². The third-order valence-corrected chi connectivity index (χ3v) is 4.91. The highest BCUT2D eigenvalue weighted by atomic mass is 16.2. The molecule has 0 spiro atoms. The number of hydrogen-bond donors (Lipinski definition) is 1. The summed E-state index contributed by atoms with van der Waals surface area (Å²) in [4.78, 5) is 23.5. The molecule has 2 saturated carbocycles. The van der Waals surface area contributed by atoms with Crippen molar-refractivity contribution in [3.8, 4) is 0 Å². The summed E-state index contributed by atoms with van der Waals surface area (Å²) in [5.74, 6) is 1.70. The molecule has 1 heterocycles. The van der Waals surface area contributed by atoms with Gasteiger partial charge in [0.05, 0.1) is 0 Å². The summed E-state index contributed by atoms with van der Waals surface area (Å²) in [5.41, 5.74) is 0.293. The van der Waals surface area contributed by atoms with Crippen LogP contribution in [0.1, 0.15) is 31.4 Å². The van der Waals surface area contributed by atoms with Gasteiger partial charge < -0.3 is 5.32 Å². The molecule has 0 radical (unpaired) electrons. The molecule has 2 bridgehead atoms. The maximum atomic E-state index is 11.8. The van der Waals surface area contributed by atoms with Crippen LogP contribution >= 0.6 is 0 Å². The summed E-state index contributed by atoms with van der Waals surface area (Å²) in [6.07, 6.45) is 5.32. The Morgan fingerprint density at radius 2 is 2.00 bits per heavy atom. The van der Waals surface area contributed by atoms with Crippen LogP contribution in [0.25, 0.3) is 0 Å². The summed E-state index contributed by atoms with van der Waals surface area (Å²) >= 11 is 0. The Bertz CT molecular complexity index is 602. The highest BCUT2D eigenvalue weighted by Gasteiger charge is 2.39. The minimum absolute atomic E-state index is 0.229. The predicted molar refractivity (Wildman–Crippen MR) is 73.0 cm³/mol. The van der Waals surface area contributed by atoms with Gasteiger partial charge in [-0.05, 0) is 31.1 Å². The Labute approximate surface area is 112 Å². The second-order valence-electron chi connectivity index (χ2n) is 6.04. The van der Waals surface area contributed by atoms with Crippen LogP contribution in [0.4, 0.5) is 0 Å². The number of fused-ring (bicyclic) bond motifs is 2. The van der Waals surface area contributed by atoms with Crippen LogP contribution in [0.2, 0.25) is 0 Å². The van der Waals surface area contributed by atoms with Gasteiger partial charge in [0, 0.05) is 38.4 Å². The Hall–Kier alpha value is -1.36. The van der Waals surface area contributed by atoms with Crippen molar-refractivity contribution in [2.24, 2.45) is 25.9 Å². The topological polar surface area (TPSA) is 56.0 Å². The van der Waals surface area contributed by atoms with E-state index >= 15 is 0 Å². The molecule has 0 aliphatic heterocycles. The molecule has 2 fully saturated rings. The van der Waals surface area contributed by atoms with Crippen molar-refractivity contribution in [3.63, 3.8) is 0 Å². The minimum atomic E-state index is -0.253. The van der Waals surface area contributed by atoms with E-state index in [9.17, 15) is 9.59 Å². The van der Waals surface area contributed by atoms with Crippen LogP contribution in [-0.2, 0) is 20.6 Å². The molecule has 1 aromatic heterocycles. The fraction of sp³-hybridized carbons (Fsp3) is 0.714. The molecule has 3 atom stereocenters. The van der Waals surface area contributed by atoms with E-state index in [1.54, 1.807) is 17.7 Å². The zero-order valence-electron chi connectivity index (χ0n) is 11.6. The van der Waals surface area contributed by atoms with E-state index in [2.05, 4.69) is 5.32 Å². The summed E-state index contributed by atoms with van der Waals surface area (Å²) in [6, 6.07) is 2.12. The summed E-state index contributed by atoms with van der Waals surface area (Å²) in [7, 11) is 3.23. The summed E-state index contributed by atoms with van der Waals surface area (Å²) in [5, 5.41) is 3.54. The third kappa shape index (κ3) is 2.16. The van der Waals surface area contributed by atoms with E-state index in [4.69, 9.17) is 0 Å². The zero-order chi connectivity index (χ0) is 13.6. The minimum Gasteiger partial charge on any atom is -0.308 e. The van der Waals surface area contributed by atoms with Crippen molar-refractivity contribution < 1.29 is 0 Å². The van der Waals surface area contributed by atoms with Crippen LogP contribution in [0.5, 0.6) is 0 Å². The van der Waals surface area contributed by atoms with Crippen molar-refractivity contribution in [1.29, 1.82) is 0 Å². The van der Waals surface area contributed by atoms with E-state index in [1.165, 1.54) is 32.7 Å². The van der Waals surface area contributed by atoms with Crippen molar-refractivity contribution >= 4 is 0 Å². The first-order valence-electron chi connectivity index (χ1n) is 7.05. The number of rotatable bonds is 3. The normalized spacial score (nSPS) is 29.1. The zero-order valence-corrected chi connectivity index (χ0v) is 11.6. The Balaban J connectivity index is 1.74. The summed E-state index contributed by atoms with van der Waals surface area (Å²) in [6.45, 7) is 0.607. The lowest BCUT2D eigenvalue weighted by atomic mass is 9.95. The van der Waals surface area contributed by atoms with E-state index in [1.807, 2.05) is 0 Å². The SMILES string of the molecule is Cn1c(CNC2CC3CCC2C3)cc(=O)n(C)c1=O. The van der Waals surface area contributed by atoms with Gasteiger partial charge in [-0.2, -0.15) is 0 Å². The Morgan fingerprint density at radius 3 is 2.63 bits per heavy atom. The number of hydrogen-bond acceptors (Lipinski definition) is 3. The monoisotopic (exact) mass is 263 g/mol. The first kappa shape index (κ1) is 12.7. The molecule has 3 unspecified atom stereocenters. The van der Waals surface area contributed by atoms with Gasteiger partial charge in [0.15, 0.2) is 0 Å². The average Bonchev–Trinajstić information content (AvgIpc) is 3.01. The van der Waals surface area contributed by atoms with Gasteiger partial charge in [0.25, 0.3) is 5.56 Å². The Kier molecular flexibility index (Phi) is 3.09. The molecule has 1 N–H and O–H groups in total. The van der Waals surface area contributed by atoms with Crippen LogP contribution in [-0.4, -0.2) is 15.2 Å². The molecule has 0 aromatic carbocycles. The van der Waals surface area contributed by atoms with Gasteiger partial charge in [-0.3, -0.25) is 13.9 Å². The summed E-state index contributed by atoms with van der Waals surface area (Å²) < 4.78 is 2.70. The van der Waals surface area contributed by atoms with Crippen LogP contribution in [0.3, 0.4) is 0 Å². The molecule has 0 amide bonds. The van der Waals surface area contributed by atoms with E-state index in [0.29, 0.717) is 12.6 Å². The molecule has 1 aromatic rings. The van der Waals surface area contributed by atoms with Gasteiger partial charge in [-0.1, -0.05) is 6.42 Å². The van der Waals surface area contributed by atoms with E-state index < -0.39 is 0 Å². The lowest BCUT2D eigenvalue weighted by Gasteiger charge is -2.23. The molecule has 19 heavy (non-hydrogen) atoms. The highest BCUT2D eigenvalue weighted by molar-refractivity contribution is 5.03. The molecule has 5 nitrogen and oxygen atoms in total. The average molecular weight is 263 g/mol. The molecular formula is C14H21N3O2. The van der Waals surface area contributed by atoms with Crippen molar-refractivity contribution in [1.82, 2.24) is 14.5 Å². The fourth-order valence-corrected chi connectivity index (χ4v) is 3.68. The molecule has 104 valence electrons. The largest absolute Gasteiger partial charge is 0.330 e. The molecule has 2 aliphatic carbocycles. The molecule has 0 saturated heterocycles. The molecule has 2 aliphatic rings. The van der Waals surface area contributed by atoms with Crippen LogP contribution in [0.15, 0.2) is 15.7 Å². The number of aromatic nitrogens is 2. The Morgan fingerprint density at radius 1 is 1.21 bits per heavy atom. The maximum Gasteiger partial charge on any atom is 0.330 e. The lowest BCUT2D eigenvalue weighted by Crippen LogP contribution is -2.40. The van der Waals surface area contributed by atoms with Gasteiger partial charge in [0.1, 0.15) is 0 Å². The number of nitrogens with one attached hydrogen (secondary N) is 1. The van der Waals surface area contributed by atoms with Gasteiger partial charge in [-0.25, -0.2) is 4.79 Å². The van der Waals surface area contributed by atoms with Crippen molar-refractivity contribution in [2.45, 2.75) is 38.3 Å². The van der Waals surface area contributed by atoms with E-state index in [0.717, 1.165) is 22.1 Å². The second kappa shape index (κ2) is 4.63. The lowest BCUT2D eigenvalue weighted by molar-refractivity contribution is 0.347. The maximum absolute atomic E-state index is 11.8. The first-order chi connectivity index (χ1) is 9.06. The third-order valence-electron chi connectivity index (χ3n) is 4.91. The predicted octanol–water partition coefficient (Wildman–Crippen LogP) is 0.362. The van der Waals surface area contributed by atoms with Crippen molar-refractivity contribution in [3.05, 3.63) is 32.6 Å².